The molecule has 0 saturated heterocycles. The lowest BCUT2D eigenvalue weighted by Gasteiger charge is -2.10. The van der Waals surface area contributed by atoms with Gasteiger partial charge in [-0.2, -0.15) is 0 Å². The number of aromatic nitrogens is 3. The molecule has 2 aromatic heterocycles. The maximum Gasteiger partial charge on any atom is 0.262 e. The lowest BCUT2D eigenvalue weighted by molar-refractivity contribution is 0.555. The van der Waals surface area contributed by atoms with Crippen LogP contribution in [0.15, 0.2) is 69.5 Å². The maximum atomic E-state index is 12.8. The molecule has 0 spiro atoms. The van der Waals surface area contributed by atoms with Crippen LogP contribution in [0.1, 0.15) is 5.89 Å². The normalized spacial score (nSPS) is 11.3. The summed E-state index contributed by atoms with van der Waals surface area (Å²) in [7, 11) is 0. The van der Waals surface area contributed by atoms with Crippen molar-refractivity contribution < 1.29 is 4.42 Å². The fourth-order valence-electron chi connectivity index (χ4n) is 2.68. The van der Waals surface area contributed by atoms with Crippen LogP contribution in [-0.2, 0) is 12.3 Å². The minimum atomic E-state index is -0.141. The van der Waals surface area contributed by atoms with Crippen LogP contribution in [0.25, 0.3) is 22.0 Å². The summed E-state index contributed by atoms with van der Waals surface area (Å²) in [5.41, 5.74) is 2.03. The van der Waals surface area contributed by atoms with Crippen molar-refractivity contribution in [2.75, 3.05) is 0 Å². The highest BCUT2D eigenvalue weighted by Gasteiger charge is 2.13. The van der Waals surface area contributed by atoms with Gasteiger partial charge in [-0.05, 0) is 30.3 Å². The third kappa shape index (κ3) is 3.13. The molecule has 130 valence electrons. The van der Waals surface area contributed by atoms with E-state index < -0.39 is 0 Å². The van der Waals surface area contributed by atoms with E-state index in [9.17, 15) is 4.79 Å². The molecular formula is C19H14ClN3O2S. The van der Waals surface area contributed by atoms with Crippen molar-refractivity contribution in [3.63, 3.8) is 0 Å². The maximum absolute atomic E-state index is 12.8. The van der Waals surface area contributed by atoms with Gasteiger partial charge in [0, 0.05) is 11.6 Å². The van der Waals surface area contributed by atoms with Crippen molar-refractivity contribution in [1.29, 1.82) is 0 Å². The average Bonchev–Trinajstić information content (AvgIpc) is 3.06. The number of allylic oxidation sites excluding steroid dienone is 1. The van der Waals surface area contributed by atoms with Gasteiger partial charge in [0.1, 0.15) is 5.52 Å². The van der Waals surface area contributed by atoms with Gasteiger partial charge < -0.3 is 4.42 Å². The highest BCUT2D eigenvalue weighted by atomic mass is 35.5. The van der Waals surface area contributed by atoms with Crippen LogP contribution in [0, 0.1) is 0 Å². The molecule has 2 aromatic carbocycles. The molecule has 5 nitrogen and oxygen atoms in total. The van der Waals surface area contributed by atoms with Crippen LogP contribution < -0.4 is 5.56 Å². The van der Waals surface area contributed by atoms with Gasteiger partial charge in [0.25, 0.3) is 5.56 Å². The lowest BCUT2D eigenvalue weighted by Crippen LogP contribution is -2.22. The third-order valence-corrected chi connectivity index (χ3v) is 5.05. The highest BCUT2D eigenvalue weighted by molar-refractivity contribution is 7.98. The Hall–Kier alpha value is -2.57. The van der Waals surface area contributed by atoms with E-state index in [1.807, 2.05) is 24.3 Å². The van der Waals surface area contributed by atoms with Crippen LogP contribution >= 0.6 is 23.4 Å². The number of hydrogen-bond acceptors (Lipinski definition) is 5. The van der Waals surface area contributed by atoms with Gasteiger partial charge in [0.05, 0.1) is 16.7 Å². The molecule has 2 heterocycles. The Labute approximate surface area is 158 Å². The second kappa shape index (κ2) is 6.97. The van der Waals surface area contributed by atoms with Crippen LogP contribution in [-0.4, -0.2) is 14.5 Å². The number of benzene rings is 2. The van der Waals surface area contributed by atoms with Crippen molar-refractivity contribution in [2.45, 2.75) is 17.5 Å². The molecule has 0 saturated carbocycles. The first-order chi connectivity index (χ1) is 12.7. The summed E-state index contributed by atoms with van der Waals surface area (Å²) < 4.78 is 7.32. The Bertz CT molecular complexity index is 1150. The first-order valence-electron chi connectivity index (χ1n) is 7.94. The monoisotopic (exact) mass is 383 g/mol. The molecule has 4 rings (SSSR count). The van der Waals surface area contributed by atoms with Crippen LogP contribution in [0.5, 0.6) is 0 Å². The summed E-state index contributed by atoms with van der Waals surface area (Å²) >= 11 is 7.42. The standard InChI is InChI=1S/C19H14ClN3O2S/c1-2-9-23-18(24)13-10-12(20)7-8-14(13)22-19(23)26-11-17-21-15-5-3-4-6-16(15)25-17/h2-8,10H,1,9,11H2. The molecule has 0 unspecified atom stereocenters. The Morgan fingerprint density at radius 1 is 1.19 bits per heavy atom. The van der Waals surface area contributed by atoms with Gasteiger partial charge in [-0.3, -0.25) is 9.36 Å². The Morgan fingerprint density at radius 3 is 2.85 bits per heavy atom. The Kier molecular flexibility index (Phi) is 4.53. The number of nitrogens with zero attached hydrogens (tertiary/aromatic N) is 3. The summed E-state index contributed by atoms with van der Waals surface area (Å²) in [5, 5.41) is 1.59. The number of para-hydroxylation sites is 2. The van der Waals surface area contributed by atoms with Crippen LogP contribution in [0.2, 0.25) is 5.02 Å². The molecule has 4 aromatic rings. The number of thioether (sulfide) groups is 1. The van der Waals surface area contributed by atoms with E-state index in [1.165, 1.54) is 11.8 Å². The summed E-state index contributed by atoms with van der Waals surface area (Å²) in [6.45, 7) is 4.09. The zero-order valence-corrected chi connectivity index (χ0v) is 15.3. The molecule has 26 heavy (non-hydrogen) atoms. The van der Waals surface area contributed by atoms with Gasteiger partial charge in [-0.15, -0.1) is 6.58 Å². The Balaban J connectivity index is 1.72. The first-order valence-corrected chi connectivity index (χ1v) is 9.30. The van der Waals surface area contributed by atoms with E-state index in [2.05, 4.69) is 16.5 Å². The van der Waals surface area contributed by atoms with Crippen molar-refractivity contribution in [2.24, 2.45) is 0 Å². The van der Waals surface area contributed by atoms with Crippen molar-refractivity contribution in [1.82, 2.24) is 14.5 Å². The molecule has 0 bridgehead atoms. The number of fused-ring (bicyclic) bond motifs is 2. The fraction of sp³-hybridized carbons (Fsp3) is 0.105. The Morgan fingerprint density at radius 2 is 2.04 bits per heavy atom. The van der Waals surface area contributed by atoms with Crippen molar-refractivity contribution in [3.05, 3.63) is 76.4 Å². The average molecular weight is 384 g/mol. The quantitative estimate of drug-likeness (QED) is 0.285. The van der Waals surface area contributed by atoms with Crippen LogP contribution in [0.4, 0.5) is 0 Å². The second-order valence-corrected chi connectivity index (χ2v) is 7.00. The number of hydrogen-bond donors (Lipinski definition) is 0. The highest BCUT2D eigenvalue weighted by Crippen LogP contribution is 2.25. The summed E-state index contributed by atoms with van der Waals surface area (Å²) in [5.74, 6) is 1.06. The molecule has 7 heteroatoms. The molecular weight excluding hydrogens is 370 g/mol. The summed E-state index contributed by atoms with van der Waals surface area (Å²) in [6, 6.07) is 12.7. The first kappa shape index (κ1) is 16.9. The molecule has 0 aliphatic heterocycles. The van der Waals surface area contributed by atoms with E-state index in [0.717, 1.165) is 11.1 Å². The van der Waals surface area contributed by atoms with E-state index in [0.29, 0.717) is 39.3 Å². The molecule has 0 atom stereocenters. The predicted octanol–water partition coefficient (Wildman–Crippen LogP) is 4.67. The van der Waals surface area contributed by atoms with E-state index in [4.69, 9.17) is 16.0 Å². The van der Waals surface area contributed by atoms with E-state index in [1.54, 1.807) is 28.8 Å². The topological polar surface area (TPSA) is 60.9 Å². The zero-order valence-electron chi connectivity index (χ0n) is 13.7. The number of oxazole rings is 1. The zero-order chi connectivity index (χ0) is 18.1. The lowest BCUT2D eigenvalue weighted by atomic mass is 10.2. The molecule has 0 aliphatic rings. The predicted molar refractivity (Wildman–Crippen MR) is 105 cm³/mol. The molecule has 0 amide bonds. The van der Waals surface area contributed by atoms with Gasteiger partial charge in [0.15, 0.2) is 10.7 Å². The summed E-state index contributed by atoms with van der Waals surface area (Å²) in [4.78, 5) is 21.9. The smallest absolute Gasteiger partial charge is 0.262 e. The van der Waals surface area contributed by atoms with Crippen molar-refractivity contribution in [3.8, 4) is 0 Å². The fourth-order valence-corrected chi connectivity index (χ4v) is 3.71. The number of halogens is 1. The summed E-state index contributed by atoms with van der Waals surface area (Å²) in [6.07, 6.45) is 1.67. The SMILES string of the molecule is C=CCn1c(SCc2nc3ccccc3o2)nc2ccc(Cl)cc2c1=O. The van der Waals surface area contributed by atoms with E-state index >= 15 is 0 Å². The second-order valence-electron chi connectivity index (χ2n) is 5.62. The van der Waals surface area contributed by atoms with Gasteiger partial charge in [-0.1, -0.05) is 41.6 Å². The third-order valence-electron chi connectivity index (χ3n) is 3.86. The molecule has 0 N–H and O–H groups in total. The molecule has 0 radical (unpaired) electrons. The molecule has 0 aliphatic carbocycles. The largest absolute Gasteiger partial charge is 0.440 e. The van der Waals surface area contributed by atoms with Gasteiger partial charge >= 0.3 is 0 Å². The van der Waals surface area contributed by atoms with Crippen LogP contribution in [0.3, 0.4) is 0 Å². The van der Waals surface area contributed by atoms with Gasteiger partial charge in [0.2, 0.25) is 5.89 Å². The minimum absolute atomic E-state index is 0.141. The molecule has 0 fully saturated rings. The van der Waals surface area contributed by atoms with Gasteiger partial charge in [-0.25, -0.2) is 9.97 Å². The van der Waals surface area contributed by atoms with E-state index in [-0.39, 0.29) is 5.56 Å². The van der Waals surface area contributed by atoms with Crippen molar-refractivity contribution >= 4 is 45.4 Å². The number of rotatable bonds is 5. The minimum Gasteiger partial charge on any atom is -0.440 e.